The lowest BCUT2D eigenvalue weighted by atomic mass is 10.2. The van der Waals surface area contributed by atoms with Crippen LogP contribution in [0, 0.1) is 0 Å². The molecule has 0 bridgehead atoms. The smallest absolute Gasteiger partial charge is 0.295 e. The monoisotopic (exact) mass is 248 g/mol. The molecule has 2 aliphatic heterocycles. The first-order valence-electron chi connectivity index (χ1n) is 3.78. The fourth-order valence-corrected chi connectivity index (χ4v) is 2.14. The molecule has 0 spiro atoms. The summed E-state index contributed by atoms with van der Waals surface area (Å²) in [6, 6.07) is -2.34. The molecule has 2 heterocycles. The van der Waals surface area contributed by atoms with Crippen LogP contribution in [0.2, 0.25) is 0 Å². The second kappa shape index (κ2) is 2.76. The fraction of sp³-hybridized carbons (Fsp3) is 0.200. The van der Waals surface area contributed by atoms with Crippen LogP contribution in [0.15, 0.2) is 4.99 Å². The molecular formula is C5H4N4O6S. The minimum Gasteiger partial charge on any atom is -0.295 e. The van der Waals surface area contributed by atoms with E-state index in [9.17, 15) is 22.8 Å². The molecule has 1 unspecified atom stereocenters. The van der Waals surface area contributed by atoms with Gasteiger partial charge in [0.1, 0.15) is 0 Å². The molecule has 0 radical (unpaired) electrons. The van der Waals surface area contributed by atoms with Crippen molar-refractivity contribution in [2.75, 3.05) is 0 Å². The third-order valence-electron chi connectivity index (χ3n) is 1.95. The zero-order valence-electron chi connectivity index (χ0n) is 7.34. The van der Waals surface area contributed by atoms with Crippen LogP contribution in [0.4, 0.5) is 9.59 Å². The summed E-state index contributed by atoms with van der Waals surface area (Å²) in [5.41, 5.74) is -0.834. The highest BCUT2D eigenvalue weighted by molar-refractivity contribution is 7.88. The second-order valence-electron chi connectivity index (χ2n) is 2.96. The zero-order valence-corrected chi connectivity index (χ0v) is 8.16. The molecular weight excluding hydrogens is 244 g/mol. The SMILES string of the molecule is O=C1N=C2C(=O)NC(=O)NC2(S(=O)(=O)O)N1. The maximum absolute atomic E-state index is 11.2. The lowest BCUT2D eigenvalue weighted by Gasteiger charge is -2.30. The molecule has 4 N–H and O–H groups in total. The van der Waals surface area contributed by atoms with E-state index in [4.69, 9.17) is 4.55 Å². The quantitative estimate of drug-likeness (QED) is 0.377. The van der Waals surface area contributed by atoms with Crippen LogP contribution in [0.5, 0.6) is 0 Å². The summed E-state index contributed by atoms with van der Waals surface area (Å²) in [7, 11) is -4.98. The van der Waals surface area contributed by atoms with Gasteiger partial charge in [0.25, 0.3) is 10.9 Å². The van der Waals surface area contributed by atoms with Crippen molar-refractivity contribution < 1.29 is 27.4 Å². The number of rotatable bonds is 1. The van der Waals surface area contributed by atoms with Crippen LogP contribution in [0.1, 0.15) is 0 Å². The Hall–Kier alpha value is -2.01. The number of amides is 5. The van der Waals surface area contributed by atoms with Gasteiger partial charge in [-0.1, -0.05) is 0 Å². The number of aliphatic imine (C=N–C) groups is 1. The maximum atomic E-state index is 11.2. The average Bonchev–Trinajstić information content (AvgIpc) is 2.41. The largest absolute Gasteiger partial charge is 0.344 e. The average molecular weight is 248 g/mol. The summed E-state index contributed by atoms with van der Waals surface area (Å²) in [4.78, 5) is 33.4. The highest BCUT2D eigenvalue weighted by Crippen LogP contribution is 2.20. The van der Waals surface area contributed by atoms with Gasteiger partial charge in [0.2, 0.25) is 0 Å². The van der Waals surface area contributed by atoms with E-state index in [1.807, 2.05) is 0 Å². The first kappa shape index (κ1) is 10.5. The number of urea groups is 2. The van der Waals surface area contributed by atoms with Gasteiger partial charge in [-0.05, 0) is 0 Å². The van der Waals surface area contributed by atoms with Gasteiger partial charge in [-0.3, -0.25) is 25.3 Å². The Bertz CT molecular complexity index is 549. The molecule has 0 aromatic rings. The molecule has 2 rings (SSSR count). The molecule has 0 aromatic carbocycles. The number of nitrogens with one attached hydrogen (secondary N) is 3. The number of fused-ring (bicyclic) bond motifs is 1. The zero-order chi connectivity index (χ0) is 12.1. The van der Waals surface area contributed by atoms with Gasteiger partial charge in [-0.2, -0.15) is 13.4 Å². The normalized spacial score (nSPS) is 28.8. The third-order valence-corrected chi connectivity index (χ3v) is 3.12. The maximum Gasteiger partial charge on any atom is 0.344 e. The van der Waals surface area contributed by atoms with E-state index in [1.165, 1.54) is 0 Å². The van der Waals surface area contributed by atoms with Crippen molar-refractivity contribution in [3.05, 3.63) is 0 Å². The standard InChI is InChI=1S/C5H4N4O6S/c10-2-1-5(16(13,14)15,8-3(11)6-1)9-4(12)7-2/h(H,8,11)(H,13,14,15)(H2,7,9,10,12). The van der Waals surface area contributed by atoms with E-state index >= 15 is 0 Å². The number of nitrogens with zero attached hydrogens (tertiary/aromatic N) is 1. The van der Waals surface area contributed by atoms with E-state index in [-0.39, 0.29) is 0 Å². The number of hydrogen-bond donors (Lipinski definition) is 4. The van der Waals surface area contributed by atoms with E-state index in [0.717, 1.165) is 0 Å². The van der Waals surface area contributed by atoms with Crippen LogP contribution in [0.25, 0.3) is 0 Å². The van der Waals surface area contributed by atoms with E-state index < -0.39 is 38.8 Å². The number of carbonyl (C=O) groups excluding carboxylic acids is 3. The summed E-state index contributed by atoms with van der Waals surface area (Å²) in [6.45, 7) is 0. The molecule has 0 aromatic heterocycles. The van der Waals surface area contributed by atoms with Gasteiger partial charge in [-0.15, -0.1) is 0 Å². The van der Waals surface area contributed by atoms with Crippen molar-refractivity contribution in [1.82, 2.24) is 16.0 Å². The molecule has 1 saturated heterocycles. The number of carbonyl (C=O) groups is 3. The van der Waals surface area contributed by atoms with Crippen LogP contribution in [-0.4, -0.2) is 41.6 Å². The second-order valence-corrected chi connectivity index (χ2v) is 4.52. The molecule has 5 amide bonds. The van der Waals surface area contributed by atoms with Gasteiger partial charge in [0.05, 0.1) is 0 Å². The van der Waals surface area contributed by atoms with Crippen molar-refractivity contribution in [1.29, 1.82) is 0 Å². The van der Waals surface area contributed by atoms with Crippen LogP contribution in [0.3, 0.4) is 0 Å². The first-order valence-corrected chi connectivity index (χ1v) is 5.22. The van der Waals surface area contributed by atoms with Gasteiger partial charge < -0.3 is 0 Å². The third kappa shape index (κ3) is 1.18. The molecule has 86 valence electrons. The van der Waals surface area contributed by atoms with Crippen molar-refractivity contribution in [2.24, 2.45) is 4.99 Å². The fourth-order valence-electron chi connectivity index (χ4n) is 1.32. The van der Waals surface area contributed by atoms with Crippen molar-refractivity contribution in [3.63, 3.8) is 0 Å². The Kier molecular flexibility index (Phi) is 1.82. The van der Waals surface area contributed by atoms with Crippen molar-refractivity contribution >= 4 is 33.8 Å². The lowest BCUT2D eigenvalue weighted by Crippen LogP contribution is -2.74. The van der Waals surface area contributed by atoms with Gasteiger partial charge >= 0.3 is 22.2 Å². The lowest BCUT2D eigenvalue weighted by molar-refractivity contribution is -0.114. The highest BCUT2D eigenvalue weighted by Gasteiger charge is 2.60. The molecule has 1 atom stereocenters. The van der Waals surface area contributed by atoms with E-state index in [1.54, 1.807) is 16.0 Å². The Morgan fingerprint density at radius 3 is 2.38 bits per heavy atom. The summed E-state index contributed by atoms with van der Waals surface area (Å²) in [5, 5.41) is 5.10. The number of imide groups is 1. The van der Waals surface area contributed by atoms with Gasteiger partial charge in [0.15, 0.2) is 5.71 Å². The Morgan fingerprint density at radius 2 is 1.81 bits per heavy atom. The number of hydrogen-bond acceptors (Lipinski definition) is 5. The molecule has 0 saturated carbocycles. The summed E-state index contributed by atoms with van der Waals surface area (Å²) >= 11 is 0. The minimum atomic E-state index is -4.98. The summed E-state index contributed by atoms with van der Waals surface area (Å²) in [6.07, 6.45) is 0. The predicted octanol–water partition coefficient (Wildman–Crippen LogP) is -2.47. The van der Waals surface area contributed by atoms with Gasteiger partial charge in [0, 0.05) is 0 Å². The first-order chi connectivity index (χ1) is 7.26. The predicted molar refractivity (Wildman–Crippen MR) is 46.9 cm³/mol. The highest BCUT2D eigenvalue weighted by atomic mass is 32.2. The molecule has 0 aliphatic carbocycles. The van der Waals surface area contributed by atoms with Crippen LogP contribution < -0.4 is 16.0 Å². The minimum absolute atomic E-state index is 0.834. The van der Waals surface area contributed by atoms with Crippen LogP contribution >= 0.6 is 0 Å². The summed E-state index contributed by atoms with van der Waals surface area (Å²) in [5.74, 6) is -1.18. The topological polar surface area (TPSA) is 154 Å². The molecule has 10 nitrogen and oxygen atoms in total. The Morgan fingerprint density at radius 1 is 1.19 bits per heavy atom. The van der Waals surface area contributed by atoms with Crippen molar-refractivity contribution in [2.45, 2.75) is 4.99 Å². The Balaban J connectivity index is 2.65. The molecule has 11 heteroatoms. The van der Waals surface area contributed by atoms with Gasteiger partial charge in [-0.25, -0.2) is 9.59 Å². The van der Waals surface area contributed by atoms with E-state index in [0.29, 0.717) is 0 Å². The van der Waals surface area contributed by atoms with E-state index in [2.05, 4.69) is 4.99 Å². The Labute approximate surface area is 87.8 Å². The molecule has 16 heavy (non-hydrogen) atoms. The molecule has 2 aliphatic rings. The molecule has 1 fully saturated rings. The summed E-state index contributed by atoms with van der Waals surface area (Å²) < 4.78 is 31.1. The van der Waals surface area contributed by atoms with Crippen LogP contribution in [-0.2, 0) is 14.9 Å². The van der Waals surface area contributed by atoms with Crippen molar-refractivity contribution in [3.8, 4) is 0 Å².